The van der Waals surface area contributed by atoms with Crippen molar-refractivity contribution in [2.24, 2.45) is 9.98 Å². The van der Waals surface area contributed by atoms with Crippen molar-refractivity contribution in [3.05, 3.63) is 93.5 Å². The summed E-state index contributed by atoms with van der Waals surface area (Å²) in [7, 11) is 2.94. The van der Waals surface area contributed by atoms with Crippen molar-refractivity contribution in [1.82, 2.24) is 0 Å². The molecule has 0 amide bonds. The van der Waals surface area contributed by atoms with Crippen LogP contribution in [-0.2, 0) is 17.1 Å². The van der Waals surface area contributed by atoms with Gasteiger partial charge in [-0.15, -0.1) is 0 Å². The number of methoxy groups -OCH3 is 2. The molecule has 0 aliphatic carbocycles. The maximum atomic E-state index is 11.9. The van der Waals surface area contributed by atoms with Crippen LogP contribution in [0.15, 0.2) is 46.4 Å². The van der Waals surface area contributed by atoms with E-state index in [1.54, 1.807) is 48.8 Å². The molecule has 0 N–H and O–H groups in total. The molecule has 0 spiro atoms. The van der Waals surface area contributed by atoms with E-state index >= 15 is 0 Å². The maximum Gasteiger partial charge on any atom is 3.00 e. The van der Waals surface area contributed by atoms with E-state index in [0.717, 1.165) is 12.8 Å². The van der Waals surface area contributed by atoms with Crippen molar-refractivity contribution in [3.63, 3.8) is 0 Å². The van der Waals surface area contributed by atoms with Gasteiger partial charge in [0.25, 0.3) is 0 Å². The van der Waals surface area contributed by atoms with Crippen LogP contribution in [0.3, 0.4) is 0 Å². The monoisotopic (exact) mass is 744 g/mol. The zero-order valence-electron chi connectivity index (χ0n) is 20.9. The second kappa shape index (κ2) is 27.0. The first-order chi connectivity index (χ1) is 17.9. The topological polar surface area (TPSA) is 288 Å². The molecule has 0 saturated heterocycles. The van der Waals surface area contributed by atoms with Gasteiger partial charge in [0.05, 0.1) is 29.5 Å². The molecule has 219 valence electrons. The molecule has 2 aromatic rings. The molecule has 0 heterocycles. The van der Waals surface area contributed by atoms with Gasteiger partial charge in [0.15, 0.2) is 0 Å². The van der Waals surface area contributed by atoms with E-state index < -0.39 is 15.3 Å². The fraction of sp³-hybridized carbons (Fsp3) is 0.300. The van der Waals surface area contributed by atoms with Crippen molar-refractivity contribution < 1.29 is 93.3 Å². The van der Waals surface area contributed by atoms with Crippen LogP contribution in [0, 0.1) is 87.3 Å². The summed E-state index contributed by atoms with van der Waals surface area (Å²) in [6.07, 6.45) is 4.84. The van der Waals surface area contributed by atoms with E-state index in [9.17, 15) is 10.2 Å². The summed E-state index contributed by atoms with van der Waals surface area (Å²) in [5, 5.41) is 68.1. The molecular weight excluding hydrogens is 723 g/mol. The summed E-state index contributed by atoms with van der Waals surface area (Å²) in [5.74, 6) is 0.322. The number of para-hydroxylation sites is 2. The van der Waals surface area contributed by atoms with Crippen molar-refractivity contribution >= 4 is 12.4 Å². The molecule has 1 radical (unpaired) electrons. The number of unbranched alkanes of at least 4 members (excludes halogenated alkanes) is 1. The number of benzene rings is 2. The third kappa shape index (κ3) is 24.8. The fourth-order valence-electron chi connectivity index (χ4n) is 2.32. The molecule has 40 heavy (non-hydrogen) atoms. The normalized spacial score (nSPS) is 9.15. The number of hydrogen-bond acceptors (Lipinski definition) is 15. The molecule has 0 aliphatic heterocycles. The SMILES string of the molecule is COc1cccc(C=NCCCCN=Cc2cccc(OC)c2[O-])c1[O-].O=[N+]([O-])[O-].O=[N+]([O-])[O-].O=[N+]([O-])[O-].[Cu+2].[Pr+3]. The molecule has 0 aliphatic rings. The van der Waals surface area contributed by atoms with E-state index in [1.165, 1.54) is 14.2 Å². The Labute approximate surface area is 270 Å². The molecule has 20 heteroatoms. The van der Waals surface area contributed by atoms with Crippen LogP contribution in [0.5, 0.6) is 23.0 Å². The minimum Gasteiger partial charge on any atom is -0.870 e. The summed E-state index contributed by atoms with van der Waals surface area (Å²) in [6.45, 7) is 1.22. The summed E-state index contributed by atoms with van der Waals surface area (Å²) in [5.41, 5.74) is 1.03. The number of rotatable bonds is 9. The van der Waals surface area contributed by atoms with E-state index in [0.29, 0.717) is 35.7 Å². The predicted molar refractivity (Wildman–Crippen MR) is 130 cm³/mol. The van der Waals surface area contributed by atoms with Crippen LogP contribution in [0.4, 0.5) is 0 Å². The molecule has 18 nitrogen and oxygen atoms in total. The smallest absolute Gasteiger partial charge is 0.870 e. The molecule has 0 unspecified atom stereocenters. The molecule has 2 rings (SSSR count). The van der Waals surface area contributed by atoms with Crippen LogP contribution >= 0.6 is 0 Å². The van der Waals surface area contributed by atoms with Crippen molar-refractivity contribution in [2.75, 3.05) is 27.3 Å². The third-order valence-electron chi connectivity index (χ3n) is 3.74. The zero-order valence-corrected chi connectivity index (χ0v) is 25.5. The molecular formula is C20H22CuN5O13Pr. The summed E-state index contributed by atoms with van der Waals surface area (Å²) in [4.78, 5) is 33.3. The van der Waals surface area contributed by atoms with Gasteiger partial charge in [0.2, 0.25) is 0 Å². The molecule has 0 atom stereocenters. The second-order valence-corrected chi connectivity index (χ2v) is 6.21. The average Bonchev–Trinajstić information content (AvgIpc) is 2.81. The standard InChI is InChI=1S/C20H24N2O4.Cu.3NO3.Pr/c1-25-17-9-5-7-15(19(17)23)13-21-11-3-4-12-22-14-16-8-6-10-18(26-2)20(16)24;;3*2-1(3)4;/h5-10,13-14,23-24H,3-4,11-12H2,1-2H3;;;;;/q;+2;3*-1;+3/p-2. The summed E-state index contributed by atoms with van der Waals surface area (Å²) in [6, 6.07) is 10.2. The van der Waals surface area contributed by atoms with E-state index in [2.05, 4.69) is 9.98 Å². The largest absolute Gasteiger partial charge is 3.00 e. The Morgan fingerprint density at radius 2 is 0.950 bits per heavy atom. The molecule has 2 aromatic carbocycles. The molecule has 0 saturated carbocycles. The van der Waals surface area contributed by atoms with Gasteiger partial charge < -0.3 is 65.7 Å². The Hall–Kier alpha value is -3.54. The quantitative estimate of drug-likeness (QED) is 0.116. The van der Waals surface area contributed by atoms with Gasteiger partial charge in [-0.3, -0.25) is 9.98 Å². The first-order valence-electron chi connectivity index (χ1n) is 9.99. The minimum absolute atomic E-state index is 0. The maximum absolute atomic E-state index is 11.9. The Bertz CT molecular complexity index is 971. The van der Waals surface area contributed by atoms with Gasteiger partial charge in [-0.25, -0.2) is 0 Å². The predicted octanol–water partition coefficient (Wildman–Crippen LogP) is 1.45. The number of nitrogens with zero attached hydrogens (tertiary/aromatic N) is 5. The Kier molecular flexibility index (Phi) is 29.4. The van der Waals surface area contributed by atoms with E-state index in [-0.39, 0.29) is 69.9 Å². The van der Waals surface area contributed by atoms with Crippen LogP contribution in [0.2, 0.25) is 0 Å². The van der Waals surface area contributed by atoms with Crippen molar-refractivity contribution in [2.45, 2.75) is 12.8 Å². The number of aliphatic imine (C=N–C) groups is 2. The third-order valence-corrected chi connectivity index (χ3v) is 3.74. The van der Waals surface area contributed by atoms with Gasteiger partial charge in [0.1, 0.15) is 11.5 Å². The number of hydrogen-bond donors (Lipinski definition) is 0. The van der Waals surface area contributed by atoms with Crippen molar-refractivity contribution in [1.29, 1.82) is 0 Å². The molecule has 0 bridgehead atoms. The average molecular weight is 745 g/mol. The Morgan fingerprint density at radius 1 is 0.675 bits per heavy atom. The minimum atomic E-state index is -1.75. The first kappa shape index (κ1) is 43.5. The van der Waals surface area contributed by atoms with Gasteiger partial charge in [-0.1, -0.05) is 35.8 Å². The summed E-state index contributed by atoms with van der Waals surface area (Å²) >= 11 is 0. The zero-order chi connectivity index (χ0) is 29.5. The second-order valence-electron chi connectivity index (χ2n) is 6.21. The molecule has 0 aromatic heterocycles. The van der Waals surface area contributed by atoms with Crippen molar-refractivity contribution in [3.8, 4) is 23.0 Å². The van der Waals surface area contributed by atoms with Crippen LogP contribution < -0.4 is 19.7 Å². The van der Waals surface area contributed by atoms with Crippen LogP contribution in [0.1, 0.15) is 24.0 Å². The summed E-state index contributed by atoms with van der Waals surface area (Å²) < 4.78 is 9.99. The van der Waals surface area contributed by atoms with Crippen LogP contribution in [0.25, 0.3) is 0 Å². The van der Waals surface area contributed by atoms with Gasteiger partial charge in [0, 0.05) is 25.5 Å². The van der Waals surface area contributed by atoms with Gasteiger partial charge in [-0.05, 0) is 36.1 Å². The Morgan fingerprint density at radius 3 is 1.20 bits per heavy atom. The van der Waals surface area contributed by atoms with Crippen LogP contribution in [-0.4, -0.2) is 55.0 Å². The molecule has 0 fully saturated rings. The first-order valence-corrected chi connectivity index (χ1v) is 9.99. The van der Waals surface area contributed by atoms with Gasteiger partial charge in [-0.2, -0.15) is 0 Å². The van der Waals surface area contributed by atoms with Gasteiger partial charge >= 0.3 is 58.4 Å². The fourth-order valence-corrected chi connectivity index (χ4v) is 2.32. The Balaban J connectivity index is -0.000000392. The van der Waals surface area contributed by atoms with E-state index in [1.807, 2.05) is 0 Å². The van der Waals surface area contributed by atoms with E-state index in [4.69, 9.17) is 55.4 Å². The number of ether oxygens (including phenoxy) is 2.